The van der Waals surface area contributed by atoms with Crippen LogP contribution in [-0.4, -0.2) is 34.5 Å². The number of carbonyl (C=O) groups is 3. The highest BCUT2D eigenvalue weighted by molar-refractivity contribution is 5.99. The van der Waals surface area contributed by atoms with Gasteiger partial charge >= 0.3 is 5.97 Å². The predicted octanol–water partition coefficient (Wildman–Crippen LogP) is 1.57. The molecule has 0 aromatic heterocycles. The van der Waals surface area contributed by atoms with E-state index in [0.29, 0.717) is 6.42 Å². The molecular formula is C17H24N2O5. The number of primary amides is 1. The smallest absolute Gasteiger partial charge is 0.306 e. The normalized spacial score (nSPS) is 13.1. The average molecular weight is 336 g/mol. The lowest BCUT2D eigenvalue weighted by Crippen LogP contribution is -2.43. The molecule has 0 aliphatic carbocycles. The number of nitrogens with two attached hydrogens (primary N) is 1. The van der Waals surface area contributed by atoms with Crippen LogP contribution in [0.4, 0.5) is 0 Å². The quantitative estimate of drug-likeness (QED) is 0.498. The molecule has 0 radical (unpaired) electrons. The maximum Gasteiger partial charge on any atom is 0.306 e. The Labute approximate surface area is 141 Å². The minimum Gasteiger partial charge on any atom is -0.481 e. The Kier molecular flexibility index (Phi) is 7.91. The van der Waals surface area contributed by atoms with Crippen molar-refractivity contribution in [3.8, 4) is 0 Å². The lowest BCUT2D eigenvalue weighted by atomic mass is 9.94. The summed E-state index contributed by atoms with van der Waals surface area (Å²) < 4.78 is 0. The number of hydrogen-bond acceptors (Lipinski definition) is 4. The van der Waals surface area contributed by atoms with Crippen molar-refractivity contribution < 1.29 is 24.3 Å². The van der Waals surface area contributed by atoms with E-state index in [2.05, 4.69) is 0 Å². The molecule has 0 saturated heterocycles. The van der Waals surface area contributed by atoms with E-state index >= 15 is 0 Å². The monoisotopic (exact) mass is 336 g/mol. The molecule has 0 aliphatic rings. The zero-order valence-corrected chi connectivity index (χ0v) is 14.0. The minimum absolute atomic E-state index is 0.154. The molecule has 132 valence electrons. The fourth-order valence-electron chi connectivity index (χ4n) is 2.13. The standard InChI is InChI=1S/C17H24N2O5/c1-3-9-19(24-11-13-7-5-4-6-8-13)16(21)14(15(18)20)10-12(2)17(22)23/h4-8,12,14H,3,9-11H2,1-2H3,(H2,18,20)(H,22,23)/t12-,14?/m0/s1. The van der Waals surface area contributed by atoms with Crippen molar-refractivity contribution in [1.82, 2.24) is 5.06 Å². The predicted molar refractivity (Wildman–Crippen MR) is 87.3 cm³/mol. The molecule has 7 heteroatoms. The Bertz CT molecular complexity index is 561. The number of carboxylic acid groups (broad SMARTS) is 1. The van der Waals surface area contributed by atoms with E-state index in [0.717, 1.165) is 10.6 Å². The summed E-state index contributed by atoms with van der Waals surface area (Å²) in [4.78, 5) is 40.7. The minimum atomic E-state index is -1.22. The number of carboxylic acids is 1. The number of benzene rings is 1. The molecule has 0 bridgehead atoms. The lowest BCUT2D eigenvalue weighted by Gasteiger charge is -2.25. The summed E-state index contributed by atoms with van der Waals surface area (Å²) in [5, 5.41) is 10.1. The van der Waals surface area contributed by atoms with Crippen molar-refractivity contribution >= 4 is 17.8 Å². The second-order valence-corrected chi connectivity index (χ2v) is 5.63. The van der Waals surface area contributed by atoms with Crippen LogP contribution < -0.4 is 5.73 Å². The Morgan fingerprint density at radius 1 is 1.25 bits per heavy atom. The van der Waals surface area contributed by atoms with Gasteiger partial charge in [-0.15, -0.1) is 0 Å². The van der Waals surface area contributed by atoms with Crippen molar-refractivity contribution in [1.29, 1.82) is 0 Å². The number of carbonyl (C=O) groups excluding carboxylic acids is 2. The van der Waals surface area contributed by atoms with Crippen LogP contribution in [0.3, 0.4) is 0 Å². The van der Waals surface area contributed by atoms with Crippen LogP contribution in [-0.2, 0) is 25.8 Å². The highest BCUT2D eigenvalue weighted by Gasteiger charge is 2.32. The Morgan fingerprint density at radius 2 is 1.88 bits per heavy atom. The molecule has 1 aromatic rings. The van der Waals surface area contributed by atoms with Gasteiger partial charge in [-0.1, -0.05) is 44.2 Å². The summed E-state index contributed by atoms with van der Waals surface area (Å²) in [5.41, 5.74) is 6.17. The van der Waals surface area contributed by atoms with Crippen LogP contribution in [0.25, 0.3) is 0 Å². The fourth-order valence-corrected chi connectivity index (χ4v) is 2.13. The first kappa shape index (κ1) is 19.6. The van der Waals surface area contributed by atoms with Gasteiger partial charge in [0.05, 0.1) is 5.92 Å². The third-order valence-electron chi connectivity index (χ3n) is 3.55. The Hall–Kier alpha value is -2.41. The number of rotatable bonds is 10. The van der Waals surface area contributed by atoms with E-state index in [1.165, 1.54) is 6.92 Å². The molecule has 0 heterocycles. The second-order valence-electron chi connectivity index (χ2n) is 5.63. The molecule has 0 fully saturated rings. The highest BCUT2D eigenvalue weighted by Crippen LogP contribution is 2.17. The number of hydroxylamine groups is 2. The van der Waals surface area contributed by atoms with E-state index in [4.69, 9.17) is 15.7 Å². The van der Waals surface area contributed by atoms with Crippen LogP contribution in [0.5, 0.6) is 0 Å². The fraction of sp³-hybridized carbons (Fsp3) is 0.471. The topological polar surface area (TPSA) is 110 Å². The second kappa shape index (κ2) is 9.67. The van der Waals surface area contributed by atoms with Crippen molar-refractivity contribution in [2.45, 2.75) is 33.3 Å². The average Bonchev–Trinajstić information content (AvgIpc) is 2.56. The Balaban J connectivity index is 2.80. The number of aliphatic carboxylic acids is 1. The van der Waals surface area contributed by atoms with Gasteiger partial charge < -0.3 is 10.8 Å². The molecule has 2 atom stereocenters. The SMILES string of the molecule is CCCN(OCc1ccccc1)C(=O)C(C[C@H](C)C(=O)O)C(N)=O. The summed E-state index contributed by atoms with van der Waals surface area (Å²) in [5.74, 6) is -4.62. The first-order valence-electron chi connectivity index (χ1n) is 7.87. The Morgan fingerprint density at radius 3 is 2.38 bits per heavy atom. The van der Waals surface area contributed by atoms with Crippen LogP contribution >= 0.6 is 0 Å². The van der Waals surface area contributed by atoms with Gasteiger partial charge in [0.25, 0.3) is 5.91 Å². The van der Waals surface area contributed by atoms with E-state index in [-0.39, 0.29) is 19.6 Å². The molecule has 1 aromatic carbocycles. The first-order chi connectivity index (χ1) is 11.4. The number of nitrogens with zero attached hydrogens (tertiary/aromatic N) is 1. The van der Waals surface area contributed by atoms with Gasteiger partial charge in [-0.3, -0.25) is 19.2 Å². The highest BCUT2D eigenvalue weighted by atomic mass is 16.7. The number of amides is 2. The molecule has 1 rings (SSSR count). The lowest BCUT2D eigenvalue weighted by molar-refractivity contribution is -0.196. The zero-order chi connectivity index (χ0) is 18.1. The van der Waals surface area contributed by atoms with Gasteiger partial charge in [0.1, 0.15) is 12.5 Å². The van der Waals surface area contributed by atoms with Gasteiger partial charge in [0.2, 0.25) is 5.91 Å². The van der Waals surface area contributed by atoms with E-state index in [9.17, 15) is 14.4 Å². The van der Waals surface area contributed by atoms with Crippen LogP contribution in [0.15, 0.2) is 30.3 Å². The molecule has 24 heavy (non-hydrogen) atoms. The molecule has 0 saturated carbocycles. The largest absolute Gasteiger partial charge is 0.481 e. The molecule has 1 unspecified atom stereocenters. The van der Waals surface area contributed by atoms with Crippen molar-refractivity contribution in [3.63, 3.8) is 0 Å². The van der Waals surface area contributed by atoms with E-state index in [1.54, 1.807) is 0 Å². The summed E-state index contributed by atoms with van der Waals surface area (Å²) >= 11 is 0. The third kappa shape index (κ3) is 6.00. The maximum atomic E-state index is 12.6. The van der Waals surface area contributed by atoms with Gasteiger partial charge in [-0.2, -0.15) is 0 Å². The van der Waals surface area contributed by atoms with Gasteiger partial charge in [0, 0.05) is 6.54 Å². The summed E-state index contributed by atoms with van der Waals surface area (Å²) in [7, 11) is 0. The molecule has 3 N–H and O–H groups in total. The van der Waals surface area contributed by atoms with Crippen molar-refractivity contribution in [2.75, 3.05) is 6.54 Å². The van der Waals surface area contributed by atoms with Crippen molar-refractivity contribution in [2.24, 2.45) is 17.6 Å². The maximum absolute atomic E-state index is 12.6. The van der Waals surface area contributed by atoms with Crippen LogP contribution in [0.1, 0.15) is 32.3 Å². The van der Waals surface area contributed by atoms with Crippen LogP contribution in [0, 0.1) is 11.8 Å². The molecule has 7 nitrogen and oxygen atoms in total. The van der Waals surface area contributed by atoms with Gasteiger partial charge in [-0.25, -0.2) is 5.06 Å². The van der Waals surface area contributed by atoms with E-state index in [1.807, 2.05) is 37.3 Å². The van der Waals surface area contributed by atoms with Crippen LogP contribution in [0.2, 0.25) is 0 Å². The summed E-state index contributed by atoms with van der Waals surface area (Å²) in [6.07, 6.45) is 0.471. The molecule has 2 amide bonds. The van der Waals surface area contributed by atoms with Gasteiger partial charge in [-0.05, 0) is 18.4 Å². The molecule has 0 aliphatic heterocycles. The van der Waals surface area contributed by atoms with Crippen molar-refractivity contribution in [3.05, 3.63) is 35.9 Å². The number of hydrogen-bond donors (Lipinski definition) is 2. The summed E-state index contributed by atoms with van der Waals surface area (Å²) in [6, 6.07) is 9.28. The molecule has 0 spiro atoms. The van der Waals surface area contributed by atoms with Gasteiger partial charge in [0.15, 0.2) is 0 Å². The molecular weight excluding hydrogens is 312 g/mol. The third-order valence-corrected chi connectivity index (χ3v) is 3.55. The summed E-state index contributed by atoms with van der Waals surface area (Å²) in [6.45, 7) is 3.76. The zero-order valence-electron chi connectivity index (χ0n) is 14.0. The van der Waals surface area contributed by atoms with E-state index < -0.39 is 29.6 Å². The first-order valence-corrected chi connectivity index (χ1v) is 7.87.